The van der Waals surface area contributed by atoms with Crippen molar-refractivity contribution in [1.29, 1.82) is 0 Å². The van der Waals surface area contributed by atoms with Crippen LogP contribution in [0.2, 0.25) is 0 Å². The smallest absolute Gasteiger partial charge is 0.292 e. The molecule has 8 heteroatoms. The van der Waals surface area contributed by atoms with Crippen LogP contribution in [0.25, 0.3) is 0 Å². The highest BCUT2D eigenvalue weighted by atomic mass is 32.2. The summed E-state index contributed by atoms with van der Waals surface area (Å²) >= 11 is 1.36. The van der Waals surface area contributed by atoms with Crippen LogP contribution in [-0.2, 0) is 7.05 Å². The molecule has 0 fully saturated rings. The predicted molar refractivity (Wildman–Crippen MR) is 67.4 cm³/mol. The number of nitro benzene ring substituents is 1. The molecule has 0 saturated carbocycles. The quantitative estimate of drug-likeness (QED) is 0.515. The Bertz CT molecular complexity index is 610. The molecule has 2 rings (SSSR count). The molecule has 2 aromatic rings. The van der Waals surface area contributed by atoms with Crippen molar-refractivity contribution in [3.63, 3.8) is 0 Å². The number of hydrogen-bond donors (Lipinski definition) is 1. The number of nitrogens with zero attached hydrogens (tertiary/aromatic N) is 4. The Morgan fingerprint density at radius 1 is 1.44 bits per heavy atom. The lowest BCUT2D eigenvalue weighted by molar-refractivity contribution is -0.383. The maximum atomic E-state index is 10.6. The largest absolute Gasteiger partial charge is 0.393 e. The number of benzene rings is 1. The minimum Gasteiger partial charge on any atom is -0.393 e. The summed E-state index contributed by atoms with van der Waals surface area (Å²) in [4.78, 5) is 10.9. The lowest BCUT2D eigenvalue weighted by atomic mass is 10.3. The van der Waals surface area contributed by atoms with Gasteiger partial charge < -0.3 is 10.3 Å². The van der Waals surface area contributed by atoms with Crippen LogP contribution in [-0.4, -0.2) is 19.7 Å². The van der Waals surface area contributed by atoms with E-state index in [1.165, 1.54) is 17.8 Å². The third-order valence-corrected chi connectivity index (χ3v) is 3.49. The van der Waals surface area contributed by atoms with Crippen LogP contribution in [0.3, 0.4) is 0 Å². The number of nitro groups is 1. The molecule has 0 saturated heterocycles. The average Bonchev–Trinajstić information content (AvgIpc) is 2.61. The lowest BCUT2D eigenvalue weighted by Gasteiger charge is -2.03. The first-order valence-electron chi connectivity index (χ1n) is 5.07. The van der Waals surface area contributed by atoms with Crippen molar-refractivity contribution in [2.24, 2.45) is 7.05 Å². The SMILES string of the molecule is Cc1nnc(Sc2ccc([N+](=O)[O-])c(N)c2)n1C. The Hall–Kier alpha value is -2.09. The summed E-state index contributed by atoms with van der Waals surface area (Å²) < 4.78 is 1.84. The molecule has 1 heterocycles. The van der Waals surface area contributed by atoms with E-state index in [0.29, 0.717) is 5.16 Å². The number of rotatable bonds is 3. The molecule has 0 aliphatic rings. The maximum Gasteiger partial charge on any atom is 0.292 e. The van der Waals surface area contributed by atoms with Crippen LogP contribution in [0.1, 0.15) is 5.82 Å². The lowest BCUT2D eigenvalue weighted by Crippen LogP contribution is -1.96. The summed E-state index contributed by atoms with van der Waals surface area (Å²) in [6, 6.07) is 4.59. The molecule has 1 aromatic carbocycles. The molecule has 0 amide bonds. The standard InChI is InChI=1S/C10H11N5O2S/c1-6-12-13-10(14(6)2)18-7-3-4-9(15(16)17)8(11)5-7/h3-5H,11H2,1-2H3. The van der Waals surface area contributed by atoms with Crippen molar-refractivity contribution >= 4 is 23.1 Å². The van der Waals surface area contributed by atoms with Gasteiger partial charge in [-0.15, -0.1) is 10.2 Å². The van der Waals surface area contributed by atoms with Gasteiger partial charge in [0.15, 0.2) is 5.16 Å². The summed E-state index contributed by atoms with van der Waals surface area (Å²) in [6.07, 6.45) is 0. The van der Waals surface area contributed by atoms with Gasteiger partial charge in [-0.05, 0) is 30.8 Å². The van der Waals surface area contributed by atoms with Gasteiger partial charge in [-0.25, -0.2) is 0 Å². The summed E-state index contributed by atoms with van der Waals surface area (Å²) in [6.45, 7) is 1.85. The molecule has 2 N–H and O–H groups in total. The van der Waals surface area contributed by atoms with Crippen LogP contribution >= 0.6 is 11.8 Å². The number of nitrogens with two attached hydrogens (primary N) is 1. The Kier molecular flexibility index (Phi) is 3.19. The van der Waals surface area contributed by atoms with Crippen molar-refractivity contribution in [2.45, 2.75) is 17.0 Å². The van der Waals surface area contributed by atoms with Crippen molar-refractivity contribution in [3.05, 3.63) is 34.1 Å². The summed E-state index contributed by atoms with van der Waals surface area (Å²) in [5, 5.41) is 19.3. The van der Waals surface area contributed by atoms with Gasteiger partial charge in [0, 0.05) is 18.0 Å². The number of hydrogen-bond acceptors (Lipinski definition) is 6. The minimum atomic E-state index is -0.504. The topological polar surface area (TPSA) is 99.9 Å². The van der Waals surface area contributed by atoms with Crippen LogP contribution in [0.4, 0.5) is 11.4 Å². The zero-order valence-electron chi connectivity index (χ0n) is 9.82. The van der Waals surface area contributed by atoms with E-state index in [0.717, 1.165) is 10.7 Å². The van der Waals surface area contributed by atoms with Gasteiger partial charge in [0.1, 0.15) is 11.5 Å². The molecule has 0 radical (unpaired) electrons. The highest BCUT2D eigenvalue weighted by molar-refractivity contribution is 7.99. The van der Waals surface area contributed by atoms with Crippen molar-refractivity contribution in [3.8, 4) is 0 Å². The molecular weight excluding hydrogens is 254 g/mol. The Morgan fingerprint density at radius 2 is 2.17 bits per heavy atom. The van der Waals surface area contributed by atoms with Gasteiger partial charge in [0.05, 0.1) is 4.92 Å². The Balaban J connectivity index is 2.28. The van der Waals surface area contributed by atoms with Crippen molar-refractivity contribution in [2.75, 3.05) is 5.73 Å². The monoisotopic (exact) mass is 265 g/mol. The van der Waals surface area contributed by atoms with Gasteiger partial charge in [0.25, 0.3) is 5.69 Å². The van der Waals surface area contributed by atoms with Gasteiger partial charge in [-0.1, -0.05) is 0 Å². The normalized spacial score (nSPS) is 10.6. The fourth-order valence-electron chi connectivity index (χ4n) is 1.34. The summed E-state index contributed by atoms with van der Waals surface area (Å²) in [5.41, 5.74) is 5.67. The van der Waals surface area contributed by atoms with E-state index in [9.17, 15) is 10.1 Å². The number of aryl methyl sites for hydroxylation is 1. The fourth-order valence-corrected chi connectivity index (χ4v) is 2.23. The number of anilines is 1. The van der Waals surface area contributed by atoms with E-state index in [1.807, 2.05) is 18.5 Å². The van der Waals surface area contributed by atoms with Crippen LogP contribution in [0.5, 0.6) is 0 Å². The molecule has 18 heavy (non-hydrogen) atoms. The number of aromatic nitrogens is 3. The van der Waals surface area contributed by atoms with Gasteiger partial charge in [0.2, 0.25) is 0 Å². The van der Waals surface area contributed by atoms with Gasteiger partial charge in [-0.3, -0.25) is 10.1 Å². The average molecular weight is 265 g/mol. The van der Waals surface area contributed by atoms with Gasteiger partial charge >= 0.3 is 0 Å². The van der Waals surface area contributed by atoms with Gasteiger partial charge in [-0.2, -0.15) is 0 Å². The van der Waals surface area contributed by atoms with E-state index >= 15 is 0 Å². The Labute approximate surface area is 107 Å². The molecule has 0 aliphatic heterocycles. The van der Waals surface area contributed by atoms with E-state index in [4.69, 9.17) is 5.73 Å². The molecular formula is C10H11N5O2S. The first-order chi connectivity index (χ1) is 8.49. The second-order valence-electron chi connectivity index (χ2n) is 3.67. The van der Waals surface area contributed by atoms with Crippen LogP contribution in [0.15, 0.2) is 28.3 Å². The van der Waals surface area contributed by atoms with E-state index in [-0.39, 0.29) is 11.4 Å². The van der Waals surface area contributed by atoms with Crippen molar-refractivity contribution < 1.29 is 4.92 Å². The molecule has 0 bridgehead atoms. The second-order valence-corrected chi connectivity index (χ2v) is 4.71. The third kappa shape index (κ3) is 2.28. The second kappa shape index (κ2) is 4.65. The molecule has 0 atom stereocenters. The van der Waals surface area contributed by atoms with E-state index in [1.54, 1.807) is 12.1 Å². The molecule has 1 aromatic heterocycles. The zero-order chi connectivity index (χ0) is 13.3. The fraction of sp³-hybridized carbons (Fsp3) is 0.200. The molecule has 94 valence electrons. The number of nitrogen functional groups attached to an aromatic ring is 1. The highest BCUT2D eigenvalue weighted by Crippen LogP contribution is 2.31. The minimum absolute atomic E-state index is 0.0894. The maximum absolute atomic E-state index is 10.6. The summed E-state index contributed by atoms with van der Waals surface area (Å²) in [5.74, 6) is 0.799. The third-order valence-electron chi connectivity index (χ3n) is 2.46. The molecule has 0 aliphatic carbocycles. The predicted octanol–water partition coefficient (Wildman–Crippen LogP) is 1.77. The first kappa shape index (κ1) is 12.4. The van der Waals surface area contributed by atoms with Crippen molar-refractivity contribution in [1.82, 2.24) is 14.8 Å². The first-order valence-corrected chi connectivity index (χ1v) is 5.88. The summed E-state index contributed by atoms with van der Waals surface area (Å²) in [7, 11) is 1.85. The van der Waals surface area contributed by atoms with Crippen LogP contribution < -0.4 is 5.73 Å². The molecule has 7 nitrogen and oxygen atoms in total. The molecule has 0 unspecified atom stereocenters. The van der Waals surface area contributed by atoms with E-state index < -0.39 is 4.92 Å². The Morgan fingerprint density at radius 3 is 2.67 bits per heavy atom. The van der Waals surface area contributed by atoms with E-state index in [2.05, 4.69) is 10.2 Å². The zero-order valence-corrected chi connectivity index (χ0v) is 10.6. The van der Waals surface area contributed by atoms with Crippen LogP contribution in [0, 0.1) is 17.0 Å². The highest BCUT2D eigenvalue weighted by Gasteiger charge is 2.13. The molecule has 0 spiro atoms.